The van der Waals surface area contributed by atoms with Gasteiger partial charge in [0.15, 0.2) is 0 Å². The average molecular weight is 309 g/mol. The third-order valence-corrected chi connectivity index (χ3v) is 3.37. The molecular weight excluding hydrogens is 295 g/mol. The maximum absolute atomic E-state index is 12.3. The van der Waals surface area contributed by atoms with Crippen LogP contribution in [0.2, 0.25) is 10.0 Å². The number of amides is 1. The summed E-state index contributed by atoms with van der Waals surface area (Å²) in [6.45, 7) is 0. The summed E-state index contributed by atoms with van der Waals surface area (Å²) in [5, 5.41) is 3.82. The number of carbonyl (C=O) groups excluding carboxylic acids is 1. The van der Waals surface area contributed by atoms with Crippen molar-refractivity contribution in [3.63, 3.8) is 0 Å². The first-order valence-corrected chi connectivity index (χ1v) is 6.77. The Bertz CT molecular complexity index is 642. The van der Waals surface area contributed by atoms with Gasteiger partial charge in [-0.05, 0) is 30.3 Å². The van der Waals surface area contributed by atoms with Gasteiger partial charge in [0.05, 0.1) is 22.0 Å². The van der Waals surface area contributed by atoms with Crippen LogP contribution in [0, 0.1) is 0 Å². The smallest absolute Gasteiger partial charge is 0.257 e. The molecule has 0 aliphatic rings. The van der Waals surface area contributed by atoms with Crippen molar-refractivity contribution in [3.05, 3.63) is 58.1 Å². The largest absolute Gasteiger partial charge is 0.376 e. The fourth-order valence-electron chi connectivity index (χ4n) is 1.83. The lowest BCUT2D eigenvalue weighted by Gasteiger charge is -2.18. The summed E-state index contributed by atoms with van der Waals surface area (Å²) in [5.41, 5.74) is 1.95. The van der Waals surface area contributed by atoms with Crippen molar-refractivity contribution >= 4 is 40.5 Å². The Labute approximate surface area is 128 Å². The number of carbonyl (C=O) groups is 1. The van der Waals surface area contributed by atoms with E-state index >= 15 is 0 Å². The standard InChI is InChI=1S/C15H14Cl2N2O/c1-19(2)14-8-7-10(16)9-13(14)18-15(20)11-5-3-4-6-12(11)17/h3-9H,1-2H3,(H,18,20). The fraction of sp³-hybridized carbons (Fsp3) is 0.133. The van der Waals surface area contributed by atoms with E-state index in [1.807, 2.05) is 25.1 Å². The molecule has 0 heterocycles. The van der Waals surface area contributed by atoms with Crippen molar-refractivity contribution in [2.24, 2.45) is 0 Å². The van der Waals surface area contributed by atoms with Gasteiger partial charge in [0.25, 0.3) is 5.91 Å². The summed E-state index contributed by atoms with van der Waals surface area (Å²) in [5.74, 6) is -0.263. The molecule has 3 nitrogen and oxygen atoms in total. The highest BCUT2D eigenvalue weighted by molar-refractivity contribution is 6.34. The molecule has 0 aliphatic carbocycles. The zero-order valence-corrected chi connectivity index (χ0v) is 12.7. The van der Waals surface area contributed by atoms with E-state index in [1.165, 1.54) is 0 Å². The summed E-state index contributed by atoms with van der Waals surface area (Å²) in [4.78, 5) is 14.2. The molecule has 5 heteroatoms. The van der Waals surface area contributed by atoms with Gasteiger partial charge in [0.2, 0.25) is 0 Å². The lowest BCUT2D eigenvalue weighted by molar-refractivity contribution is 0.102. The third kappa shape index (κ3) is 3.24. The Kier molecular flexibility index (Phi) is 4.53. The molecule has 0 radical (unpaired) electrons. The van der Waals surface area contributed by atoms with Crippen LogP contribution in [0.4, 0.5) is 11.4 Å². The van der Waals surface area contributed by atoms with Crippen molar-refractivity contribution < 1.29 is 4.79 Å². The molecule has 0 fully saturated rings. The SMILES string of the molecule is CN(C)c1ccc(Cl)cc1NC(=O)c1ccccc1Cl. The first-order chi connectivity index (χ1) is 9.49. The molecule has 104 valence electrons. The molecule has 0 spiro atoms. The number of nitrogens with one attached hydrogen (secondary N) is 1. The summed E-state index contributed by atoms with van der Waals surface area (Å²) in [6, 6.07) is 12.3. The fourth-order valence-corrected chi connectivity index (χ4v) is 2.23. The highest BCUT2D eigenvalue weighted by Crippen LogP contribution is 2.28. The summed E-state index contributed by atoms with van der Waals surface area (Å²) in [7, 11) is 3.79. The van der Waals surface area contributed by atoms with Gasteiger partial charge in [0, 0.05) is 19.1 Å². The first-order valence-electron chi connectivity index (χ1n) is 6.02. The van der Waals surface area contributed by atoms with Crippen LogP contribution in [0.3, 0.4) is 0 Å². The molecule has 0 aromatic heterocycles. The van der Waals surface area contributed by atoms with Crippen LogP contribution in [0.25, 0.3) is 0 Å². The topological polar surface area (TPSA) is 32.3 Å². The molecule has 1 N–H and O–H groups in total. The van der Waals surface area contributed by atoms with Crippen molar-refractivity contribution in [3.8, 4) is 0 Å². The monoisotopic (exact) mass is 308 g/mol. The van der Waals surface area contributed by atoms with E-state index in [1.54, 1.807) is 36.4 Å². The highest BCUT2D eigenvalue weighted by Gasteiger charge is 2.13. The maximum atomic E-state index is 12.3. The van der Waals surface area contributed by atoms with Crippen molar-refractivity contribution in [2.45, 2.75) is 0 Å². The van der Waals surface area contributed by atoms with Gasteiger partial charge < -0.3 is 10.2 Å². The number of hydrogen-bond donors (Lipinski definition) is 1. The average Bonchev–Trinajstić information content (AvgIpc) is 2.38. The predicted molar refractivity (Wildman–Crippen MR) is 85.2 cm³/mol. The van der Waals surface area contributed by atoms with Crippen molar-refractivity contribution in [1.82, 2.24) is 0 Å². The molecule has 2 rings (SSSR count). The molecule has 0 bridgehead atoms. The van der Waals surface area contributed by atoms with Gasteiger partial charge in [-0.15, -0.1) is 0 Å². The van der Waals surface area contributed by atoms with Gasteiger partial charge in [-0.2, -0.15) is 0 Å². The van der Waals surface area contributed by atoms with Crippen LogP contribution in [-0.2, 0) is 0 Å². The van der Waals surface area contributed by atoms with E-state index in [-0.39, 0.29) is 5.91 Å². The molecule has 0 atom stereocenters. The highest BCUT2D eigenvalue weighted by atomic mass is 35.5. The number of hydrogen-bond acceptors (Lipinski definition) is 2. The third-order valence-electron chi connectivity index (χ3n) is 2.81. The number of benzene rings is 2. The molecule has 20 heavy (non-hydrogen) atoms. The maximum Gasteiger partial charge on any atom is 0.257 e. The minimum Gasteiger partial charge on any atom is -0.376 e. The number of rotatable bonds is 3. The van der Waals surface area contributed by atoms with Gasteiger partial charge in [-0.3, -0.25) is 4.79 Å². The van der Waals surface area contributed by atoms with E-state index in [0.717, 1.165) is 5.69 Å². The summed E-state index contributed by atoms with van der Waals surface area (Å²) >= 11 is 12.0. The van der Waals surface area contributed by atoms with Gasteiger partial charge in [-0.25, -0.2) is 0 Å². The van der Waals surface area contributed by atoms with Crippen molar-refractivity contribution in [1.29, 1.82) is 0 Å². The second-order valence-corrected chi connectivity index (χ2v) is 5.33. The number of anilines is 2. The van der Waals surface area contributed by atoms with Gasteiger partial charge in [0.1, 0.15) is 0 Å². The second-order valence-electron chi connectivity index (χ2n) is 4.49. The molecule has 0 saturated heterocycles. The quantitative estimate of drug-likeness (QED) is 0.916. The van der Waals surface area contributed by atoms with E-state index in [4.69, 9.17) is 23.2 Å². The molecule has 1 amide bonds. The van der Waals surface area contributed by atoms with E-state index in [0.29, 0.717) is 21.3 Å². The predicted octanol–water partition coefficient (Wildman–Crippen LogP) is 4.31. The normalized spacial score (nSPS) is 10.2. The minimum absolute atomic E-state index is 0.263. The molecule has 0 unspecified atom stereocenters. The van der Waals surface area contributed by atoms with Crippen LogP contribution in [-0.4, -0.2) is 20.0 Å². The Balaban J connectivity index is 2.33. The van der Waals surface area contributed by atoms with E-state index < -0.39 is 0 Å². The Morgan fingerprint density at radius 1 is 1.10 bits per heavy atom. The number of nitrogens with zero attached hydrogens (tertiary/aromatic N) is 1. The molecular formula is C15H14Cl2N2O. The van der Waals surface area contributed by atoms with E-state index in [2.05, 4.69) is 5.32 Å². The zero-order valence-electron chi connectivity index (χ0n) is 11.2. The van der Waals surface area contributed by atoms with Crippen LogP contribution in [0.1, 0.15) is 10.4 Å². The van der Waals surface area contributed by atoms with Crippen LogP contribution in [0.5, 0.6) is 0 Å². The molecule has 2 aromatic carbocycles. The molecule has 0 saturated carbocycles. The first kappa shape index (κ1) is 14.7. The lowest BCUT2D eigenvalue weighted by atomic mass is 10.2. The second kappa shape index (κ2) is 6.16. The Hall–Kier alpha value is -1.71. The molecule has 2 aromatic rings. The zero-order chi connectivity index (χ0) is 14.7. The van der Waals surface area contributed by atoms with Crippen LogP contribution in [0.15, 0.2) is 42.5 Å². The van der Waals surface area contributed by atoms with E-state index in [9.17, 15) is 4.79 Å². The van der Waals surface area contributed by atoms with Crippen LogP contribution < -0.4 is 10.2 Å². The minimum atomic E-state index is -0.263. The van der Waals surface area contributed by atoms with Gasteiger partial charge >= 0.3 is 0 Å². The van der Waals surface area contributed by atoms with Gasteiger partial charge in [-0.1, -0.05) is 35.3 Å². The van der Waals surface area contributed by atoms with Crippen LogP contribution >= 0.6 is 23.2 Å². The summed E-state index contributed by atoms with van der Waals surface area (Å²) in [6.07, 6.45) is 0. The molecule has 0 aliphatic heterocycles. The Morgan fingerprint density at radius 2 is 1.80 bits per heavy atom. The van der Waals surface area contributed by atoms with Crippen molar-refractivity contribution in [2.75, 3.05) is 24.3 Å². The summed E-state index contributed by atoms with van der Waals surface area (Å²) < 4.78 is 0. The Morgan fingerprint density at radius 3 is 2.45 bits per heavy atom. The number of halogens is 2. The lowest BCUT2D eigenvalue weighted by Crippen LogP contribution is -2.17.